The average Bonchev–Trinajstić information content (AvgIpc) is 1.12. The molecule has 9 heterocycles. The molecule has 0 fully saturated rings. The largest absolute Gasteiger partial charge is 3.00 e. The molecule has 15 nitrogen and oxygen atoms in total. The molecule has 0 spiro atoms. The molecule has 4 radical (unpaired) electrons. The molecule has 0 unspecified atom stereocenters. The van der Waals surface area contributed by atoms with Crippen molar-refractivity contribution in [2.45, 2.75) is 20.8 Å². The Hall–Kier alpha value is -10.4. The van der Waals surface area contributed by atoms with Crippen LogP contribution in [0, 0.1) is 68.0 Å². The van der Waals surface area contributed by atoms with Gasteiger partial charge in [0, 0.05) is 158 Å². The summed E-state index contributed by atoms with van der Waals surface area (Å²) in [5.41, 5.74) is 9.12. The number of aryl methyl sites for hydroxylation is 1. The maximum atomic E-state index is 13.2. The van der Waals surface area contributed by atoms with Gasteiger partial charge >= 0.3 is 26.1 Å². The zero-order chi connectivity index (χ0) is 80.3. The van der Waals surface area contributed by atoms with Crippen LogP contribution in [0.2, 0.25) is 0 Å². The van der Waals surface area contributed by atoms with E-state index in [1.807, 2.05) is 163 Å². The van der Waals surface area contributed by atoms with Crippen LogP contribution in [0.4, 0.5) is 35.9 Å². The number of benzene rings is 8. The Labute approximate surface area is 734 Å². The second-order valence-electron chi connectivity index (χ2n) is 23.1. The number of carbonyl (C=O) groups is 2. The van der Waals surface area contributed by atoms with Gasteiger partial charge in [0.2, 0.25) is 0 Å². The van der Waals surface area contributed by atoms with Crippen molar-refractivity contribution in [3.05, 3.63) is 395 Å². The van der Waals surface area contributed by atoms with Crippen molar-refractivity contribution in [3.8, 4) is 50.0 Å². The summed E-state index contributed by atoms with van der Waals surface area (Å²) in [5.74, 6) is -1.71. The van der Waals surface area contributed by atoms with Gasteiger partial charge in [-0.25, -0.2) is 26.1 Å². The molecule has 0 amide bonds. The number of para-hydroxylation sites is 3. The van der Waals surface area contributed by atoms with Crippen molar-refractivity contribution >= 4 is 66.7 Å². The Morgan fingerprint density at radius 2 is 1.25 bits per heavy atom. The third-order valence-electron chi connectivity index (χ3n) is 15.2. The number of thiophene rings is 1. The monoisotopic (exact) mass is 2420 g/mol. The first-order valence-electron chi connectivity index (χ1n) is 35.7. The maximum Gasteiger partial charge on any atom is 3.00 e. The number of halogens is 3. The summed E-state index contributed by atoms with van der Waals surface area (Å²) in [6.07, 6.45) is 18.4. The van der Waals surface area contributed by atoms with Crippen molar-refractivity contribution in [1.29, 1.82) is 0 Å². The number of ketones is 1. The van der Waals surface area contributed by atoms with E-state index in [2.05, 4.69) is 132 Å². The van der Waals surface area contributed by atoms with Crippen LogP contribution >= 0.6 is 11.3 Å². The minimum Gasteiger partial charge on any atom is -0.512 e. The molecule has 2 aliphatic heterocycles. The fraction of sp³-hybridized carbons (Fsp3) is 0.0562. The smallest absolute Gasteiger partial charge is 0.512 e. The molecule has 2 aliphatic rings. The van der Waals surface area contributed by atoms with E-state index >= 15 is 0 Å². The summed E-state index contributed by atoms with van der Waals surface area (Å²) in [6.45, 7) is 8.67. The molecule has 17 rings (SSSR count). The Morgan fingerprint density at radius 1 is 0.593 bits per heavy atom. The van der Waals surface area contributed by atoms with Crippen molar-refractivity contribution in [2.75, 3.05) is 28.8 Å². The van der Waals surface area contributed by atoms with E-state index in [0.717, 1.165) is 67.5 Å². The van der Waals surface area contributed by atoms with E-state index in [-0.39, 0.29) is 159 Å². The van der Waals surface area contributed by atoms with E-state index in [1.54, 1.807) is 78.8 Å². The van der Waals surface area contributed by atoms with Crippen LogP contribution in [0.25, 0.3) is 70.9 Å². The van der Waals surface area contributed by atoms with Gasteiger partial charge in [0.05, 0.1) is 18.8 Å². The number of aromatic carboxylic acids is 1. The standard InChI is InChI=1S/C22H16N.C14H12N2.C13H8NS.C11H6F2N.C10H9FN2.C8H7N3.C6H5NO2.C5H8O2.5Ir/c1-16-14-22(23-15-21(16)18-8-3-2-4-9-18)20-13-7-11-17-10-5-6-12-19(17)20;1-15-11-16(12-7-3-2-4-8-12)14-10-6-5-9-13(14)15;1-2-7-12-10(5-1)9-13(15-12)11-6-3-4-8-14-11;12-8-4-5-9(10(13)7-8)11-3-1-2-6-14-11;1-12-6-7-13(8-12)10-4-2-9(11)3-5-10;1-2-4-10-8(3-1)11-6-5-9-7-11;8-6(9)5-3-1-2-4-7-5;1-4(6)3-5(2)7;;;;;/h2-12,14-15H,1H3;2-7,9-11H,1H3;1-8H;1-4,6-7H;2-4,6-8H,1H3;1-7H;1-4H,(H,8,9);3,6H,1-2H3;;;;;/q-1;-2;2*-1;-2;;;;;;;;+3/i2D,3D,4D,8D,9D;;;;;;;;;;;;. The summed E-state index contributed by atoms with van der Waals surface area (Å²) in [7, 11) is 3.99. The maximum absolute atomic E-state index is 13.2. The minimum atomic E-state index is -0.990. The predicted octanol–water partition coefficient (Wildman–Crippen LogP) is 19.7. The number of carboxylic acid groups (broad SMARTS) is 1. The molecule has 0 saturated carbocycles. The number of carbonyl (C=O) groups excluding carboxylic acids is 1. The van der Waals surface area contributed by atoms with Crippen LogP contribution in [0.1, 0.15) is 36.8 Å². The average molecular weight is 2410 g/mol. The van der Waals surface area contributed by atoms with Gasteiger partial charge in [-0.3, -0.25) is 18.0 Å². The number of hydrogen-bond acceptors (Lipinski definition) is 14. The molecule has 0 aliphatic carbocycles. The molecular formula is C89H71F3Ir5N11O4S-4. The number of anilines is 4. The van der Waals surface area contributed by atoms with Gasteiger partial charge in [-0.15, -0.1) is 94.4 Å². The predicted molar refractivity (Wildman–Crippen MR) is 421 cm³/mol. The SMILES string of the molecule is CC(=O)C=C(C)O.CN1C=CN(c2[c-]cc(F)cc2)[CH-]1.CN1[CH-]N(c2[c-]cccc2)c2ccccc21.Fc1c[c-]c(-c2ccccn2)c(F)c1.O=C(O)c1ccccn1.[2H]c1c([2H])c([2H])c(-c2cnc(-c3[c-]ccc4ccccc34)cc2C)c([2H])c1[2H].[Ir+3].[Ir].[Ir].[Ir].[Ir].[c-]1c(-c2ccccn2)sc2ccccc12.c1ccc(-[n+]2ccn[cH-]2)nc1. The fourth-order valence-electron chi connectivity index (χ4n) is 10.2. The number of aliphatic hydroxyl groups is 1. The topological polar surface area (TPSA) is 169 Å². The third kappa shape index (κ3) is 28.3. The number of fused-ring (bicyclic) bond motifs is 3. The first kappa shape index (κ1) is 85.0. The number of allylic oxidation sites excluding steroid dienone is 2. The molecule has 24 heteroatoms. The third-order valence-corrected chi connectivity index (χ3v) is 16.3. The van der Waals surface area contributed by atoms with E-state index in [4.69, 9.17) is 17.1 Å². The van der Waals surface area contributed by atoms with Gasteiger partial charge < -0.3 is 49.3 Å². The summed E-state index contributed by atoms with van der Waals surface area (Å²) < 4.78 is 81.4. The minimum absolute atomic E-state index is 0. The number of hydrogen-bond donors (Lipinski definition) is 2. The molecule has 2 N–H and O–H groups in total. The zero-order valence-corrected chi connectivity index (χ0v) is 73.4. The molecule has 0 atom stereocenters. The number of imidazole rings is 1. The second-order valence-corrected chi connectivity index (χ2v) is 24.2. The van der Waals surface area contributed by atoms with Crippen LogP contribution in [0.3, 0.4) is 0 Å². The molecule has 15 aromatic rings. The summed E-state index contributed by atoms with van der Waals surface area (Å²) >= 11 is 1.73. The number of pyridine rings is 5. The summed E-state index contributed by atoms with van der Waals surface area (Å²) in [6, 6.07) is 79.9. The van der Waals surface area contributed by atoms with Gasteiger partial charge in [0.1, 0.15) is 12.0 Å². The summed E-state index contributed by atoms with van der Waals surface area (Å²) in [4.78, 5) is 53.8. The van der Waals surface area contributed by atoms with Gasteiger partial charge in [0.25, 0.3) is 0 Å². The first-order valence-corrected chi connectivity index (χ1v) is 34.0. The Morgan fingerprint density at radius 3 is 1.82 bits per heavy atom. The number of aromatic nitrogens is 7. The molecule has 0 bridgehead atoms. The Bertz CT molecular complexity index is 5650. The summed E-state index contributed by atoms with van der Waals surface area (Å²) in [5, 5.41) is 20.0. The molecule has 8 aromatic carbocycles. The number of carboxylic acids is 1. The molecule has 113 heavy (non-hydrogen) atoms. The molecule has 7 aromatic heterocycles. The van der Waals surface area contributed by atoms with E-state index in [1.165, 1.54) is 65.8 Å². The quantitative estimate of drug-likeness (QED) is 0.0606. The van der Waals surface area contributed by atoms with Crippen molar-refractivity contribution in [2.24, 2.45) is 0 Å². The van der Waals surface area contributed by atoms with Gasteiger partial charge in [-0.1, -0.05) is 138 Å². The first-order chi connectivity index (χ1) is 54.6. The van der Waals surface area contributed by atoms with Crippen molar-refractivity contribution < 1.29 is 145 Å². The normalized spacial score (nSPS) is 11.6. The van der Waals surface area contributed by atoms with E-state index in [9.17, 15) is 22.8 Å². The molecule has 0 saturated heterocycles. The van der Waals surface area contributed by atoms with Crippen LogP contribution in [-0.2, 0) is 105 Å². The van der Waals surface area contributed by atoms with E-state index in [0.29, 0.717) is 11.3 Å². The van der Waals surface area contributed by atoms with Gasteiger partial charge in [0.15, 0.2) is 11.6 Å². The molecule has 582 valence electrons. The fourth-order valence-corrected chi connectivity index (χ4v) is 11.2. The zero-order valence-electron chi connectivity index (χ0n) is 65.6. The van der Waals surface area contributed by atoms with Crippen LogP contribution in [0.5, 0.6) is 0 Å². The van der Waals surface area contributed by atoms with Gasteiger partial charge in [-0.2, -0.15) is 54.7 Å². The van der Waals surface area contributed by atoms with Crippen LogP contribution in [0.15, 0.2) is 323 Å². The van der Waals surface area contributed by atoms with Crippen molar-refractivity contribution in [3.63, 3.8) is 0 Å². The van der Waals surface area contributed by atoms with Crippen LogP contribution in [-0.4, -0.2) is 70.9 Å². The number of nitrogens with zero attached hydrogens (tertiary/aromatic N) is 11. The van der Waals surface area contributed by atoms with E-state index < -0.39 is 23.6 Å². The molecular weight excluding hydrogens is 2340 g/mol. The second kappa shape index (κ2) is 48.5. The Kier molecular flexibility index (Phi) is 36.5. The Balaban J connectivity index is 0.000000247. The van der Waals surface area contributed by atoms with Gasteiger partial charge in [-0.05, 0) is 134 Å². The van der Waals surface area contributed by atoms with Crippen LogP contribution < -0.4 is 19.3 Å². The number of rotatable bonds is 9. The number of aliphatic hydroxyl groups excluding tert-OH is 1. The van der Waals surface area contributed by atoms with Crippen molar-refractivity contribution in [1.82, 2.24) is 34.8 Å².